The van der Waals surface area contributed by atoms with Crippen LogP contribution in [0.1, 0.15) is 27.2 Å². The third-order valence-electron chi connectivity index (χ3n) is 2.64. The number of rotatable bonds is 9. The number of H-pyrrole nitrogens is 1. The van der Waals surface area contributed by atoms with Crippen molar-refractivity contribution in [3.8, 4) is 0 Å². The molecule has 0 bridgehead atoms. The Bertz CT molecular complexity index is 514. The molecule has 0 aliphatic heterocycles. The van der Waals surface area contributed by atoms with Crippen LogP contribution < -0.4 is 4.72 Å². The molecule has 0 aromatic carbocycles. The van der Waals surface area contributed by atoms with Gasteiger partial charge < -0.3 is 0 Å². The molecular weight excluding hydrogens is 300 g/mol. The molecule has 0 amide bonds. The second kappa shape index (κ2) is 7.84. The fourth-order valence-corrected chi connectivity index (χ4v) is 4.05. The van der Waals surface area contributed by atoms with Crippen LogP contribution in [0.25, 0.3) is 0 Å². The van der Waals surface area contributed by atoms with Crippen LogP contribution in [0.3, 0.4) is 0 Å². The number of aromatic amines is 1. The summed E-state index contributed by atoms with van der Waals surface area (Å²) >= 11 is 0. The maximum absolute atomic E-state index is 11.9. The lowest BCUT2D eigenvalue weighted by atomic mass is 10.2. The van der Waals surface area contributed by atoms with Crippen LogP contribution in [0.4, 0.5) is 0 Å². The lowest BCUT2D eigenvalue weighted by Gasteiger charge is -2.12. The fraction of sp³-hybridized carbons (Fsp3) is 0.818. The number of aromatic nitrogens is 3. The minimum atomic E-state index is -3.25. The SMILES string of the molecule is CC(C)CNS(=O)(=O)CCC(C)CS(=O)c1ncn[nH]1. The molecular formula is C11H22N4O3S2. The first-order chi connectivity index (χ1) is 9.30. The molecule has 1 heterocycles. The van der Waals surface area contributed by atoms with Gasteiger partial charge in [-0.1, -0.05) is 20.8 Å². The van der Waals surface area contributed by atoms with Gasteiger partial charge in [0, 0.05) is 12.3 Å². The average molecular weight is 322 g/mol. The van der Waals surface area contributed by atoms with Crippen molar-refractivity contribution in [1.82, 2.24) is 19.9 Å². The average Bonchev–Trinajstić information content (AvgIpc) is 2.88. The Labute approximate surface area is 122 Å². The maximum Gasteiger partial charge on any atom is 0.214 e. The van der Waals surface area contributed by atoms with Gasteiger partial charge in [-0.3, -0.25) is 9.31 Å². The smallest absolute Gasteiger partial charge is 0.214 e. The molecule has 1 aromatic heterocycles. The number of nitrogens with one attached hydrogen (secondary N) is 2. The van der Waals surface area contributed by atoms with Gasteiger partial charge in [-0.15, -0.1) is 0 Å². The Hall–Kier alpha value is -0.800. The van der Waals surface area contributed by atoms with E-state index in [9.17, 15) is 12.6 Å². The highest BCUT2D eigenvalue weighted by Gasteiger charge is 2.16. The molecule has 0 saturated carbocycles. The molecule has 0 spiro atoms. The van der Waals surface area contributed by atoms with E-state index < -0.39 is 20.8 Å². The van der Waals surface area contributed by atoms with Crippen molar-refractivity contribution in [2.75, 3.05) is 18.1 Å². The Balaban J connectivity index is 2.36. The number of hydrogen-bond acceptors (Lipinski definition) is 5. The van der Waals surface area contributed by atoms with E-state index in [1.807, 2.05) is 20.8 Å². The molecule has 9 heteroatoms. The Morgan fingerprint density at radius 3 is 2.65 bits per heavy atom. The standard InChI is InChI=1S/C11H22N4O3S2/c1-9(2)6-14-20(17,18)5-4-10(3)7-19(16)11-12-8-13-15-11/h8-10,14H,4-7H2,1-3H3,(H,12,13,15). The second-order valence-electron chi connectivity index (χ2n) is 5.26. The molecule has 0 saturated heterocycles. The fourth-order valence-electron chi connectivity index (χ4n) is 1.45. The molecule has 7 nitrogen and oxygen atoms in total. The van der Waals surface area contributed by atoms with Crippen molar-refractivity contribution in [2.45, 2.75) is 32.3 Å². The van der Waals surface area contributed by atoms with Crippen molar-refractivity contribution >= 4 is 20.8 Å². The molecule has 1 aromatic rings. The van der Waals surface area contributed by atoms with E-state index in [1.165, 1.54) is 6.33 Å². The molecule has 2 N–H and O–H groups in total. The van der Waals surface area contributed by atoms with Gasteiger partial charge in [0.1, 0.15) is 6.33 Å². The molecule has 0 aliphatic carbocycles. The van der Waals surface area contributed by atoms with E-state index in [1.54, 1.807) is 0 Å². The minimum Gasteiger partial charge on any atom is -0.252 e. The predicted octanol–water partition coefficient (Wildman–Crippen LogP) is 0.514. The van der Waals surface area contributed by atoms with Crippen LogP contribution in [0, 0.1) is 11.8 Å². The first-order valence-electron chi connectivity index (χ1n) is 6.51. The highest BCUT2D eigenvalue weighted by atomic mass is 32.2. The van der Waals surface area contributed by atoms with Gasteiger partial charge in [0.15, 0.2) is 0 Å². The van der Waals surface area contributed by atoms with Crippen LogP contribution >= 0.6 is 0 Å². The Kier molecular flexibility index (Phi) is 6.77. The number of sulfonamides is 1. The largest absolute Gasteiger partial charge is 0.252 e. The zero-order valence-electron chi connectivity index (χ0n) is 12.0. The lowest BCUT2D eigenvalue weighted by Crippen LogP contribution is -2.30. The van der Waals surface area contributed by atoms with E-state index in [0.29, 0.717) is 23.9 Å². The summed E-state index contributed by atoms with van der Waals surface area (Å²) in [6.45, 7) is 6.23. The van der Waals surface area contributed by atoms with Crippen LogP contribution in [0.2, 0.25) is 0 Å². The summed E-state index contributed by atoms with van der Waals surface area (Å²) in [5, 5.41) is 6.53. The lowest BCUT2D eigenvalue weighted by molar-refractivity contribution is 0.546. The zero-order valence-corrected chi connectivity index (χ0v) is 13.6. The third kappa shape index (κ3) is 6.58. The van der Waals surface area contributed by atoms with E-state index in [2.05, 4.69) is 19.9 Å². The van der Waals surface area contributed by atoms with Crippen LogP contribution in [0.5, 0.6) is 0 Å². The molecule has 0 radical (unpaired) electrons. The van der Waals surface area contributed by atoms with Crippen LogP contribution in [-0.2, 0) is 20.8 Å². The van der Waals surface area contributed by atoms with Gasteiger partial charge in [-0.2, -0.15) is 5.10 Å². The van der Waals surface area contributed by atoms with E-state index >= 15 is 0 Å². The maximum atomic E-state index is 11.9. The summed E-state index contributed by atoms with van der Waals surface area (Å²) in [5.41, 5.74) is 0. The van der Waals surface area contributed by atoms with Crippen molar-refractivity contribution in [3.63, 3.8) is 0 Å². The predicted molar refractivity (Wildman–Crippen MR) is 78.1 cm³/mol. The van der Waals surface area contributed by atoms with Crippen molar-refractivity contribution in [2.24, 2.45) is 11.8 Å². The first kappa shape index (κ1) is 17.3. The van der Waals surface area contributed by atoms with E-state index in [0.717, 1.165) is 0 Å². The molecule has 0 aliphatic rings. The summed E-state index contributed by atoms with van der Waals surface area (Å²) in [6, 6.07) is 0. The van der Waals surface area contributed by atoms with Crippen molar-refractivity contribution < 1.29 is 12.6 Å². The molecule has 0 fully saturated rings. The summed E-state index contributed by atoms with van der Waals surface area (Å²) in [6.07, 6.45) is 1.77. The minimum absolute atomic E-state index is 0.0246. The van der Waals surface area contributed by atoms with Gasteiger partial charge in [0.05, 0.1) is 16.6 Å². The van der Waals surface area contributed by atoms with Gasteiger partial charge in [0.25, 0.3) is 0 Å². The number of nitrogens with zero attached hydrogens (tertiary/aromatic N) is 2. The monoisotopic (exact) mass is 322 g/mol. The highest BCUT2D eigenvalue weighted by Crippen LogP contribution is 2.09. The molecule has 20 heavy (non-hydrogen) atoms. The van der Waals surface area contributed by atoms with E-state index in [4.69, 9.17) is 0 Å². The highest BCUT2D eigenvalue weighted by molar-refractivity contribution is 7.89. The van der Waals surface area contributed by atoms with Gasteiger partial charge in [0.2, 0.25) is 15.2 Å². The Morgan fingerprint density at radius 2 is 2.10 bits per heavy atom. The second-order valence-corrected chi connectivity index (χ2v) is 8.60. The first-order valence-corrected chi connectivity index (χ1v) is 9.48. The summed E-state index contributed by atoms with van der Waals surface area (Å²) in [4.78, 5) is 3.83. The zero-order chi connectivity index (χ0) is 15.2. The van der Waals surface area contributed by atoms with Crippen LogP contribution in [-0.4, -0.2) is 45.9 Å². The summed E-state index contributed by atoms with van der Waals surface area (Å²) in [7, 11) is -4.51. The summed E-state index contributed by atoms with van der Waals surface area (Å²) in [5.74, 6) is 0.723. The normalized spacial score (nSPS) is 15.4. The van der Waals surface area contributed by atoms with Gasteiger partial charge in [-0.25, -0.2) is 18.1 Å². The van der Waals surface area contributed by atoms with Gasteiger partial charge in [-0.05, 0) is 18.3 Å². The summed E-state index contributed by atoms with van der Waals surface area (Å²) < 4.78 is 37.9. The quantitative estimate of drug-likeness (QED) is 0.689. The van der Waals surface area contributed by atoms with Crippen molar-refractivity contribution in [3.05, 3.63) is 6.33 Å². The van der Waals surface area contributed by atoms with E-state index in [-0.39, 0.29) is 17.6 Å². The molecule has 116 valence electrons. The van der Waals surface area contributed by atoms with Crippen molar-refractivity contribution in [1.29, 1.82) is 0 Å². The molecule has 2 atom stereocenters. The molecule has 2 unspecified atom stereocenters. The topological polar surface area (TPSA) is 105 Å². The Morgan fingerprint density at radius 1 is 1.40 bits per heavy atom. The van der Waals surface area contributed by atoms with Crippen LogP contribution in [0.15, 0.2) is 11.5 Å². The third-order valence-corrected chi connectivity index (χ3v) is 5.51. The molecule has 1 rings (SSSR count). The number of hydrogen-bond donors (Lipinski definition) is 2. The van der Waals surface area contributed by atoms with Gasteiger partial charge >= 0.3 is 0 Å².